The molecule has 107 valence electrons. The molecule has 0 aromatic heterocycles. The van der Waals surface area contributed by atoms with Crippen molar-refractivity contribution < 1.29 is 22.6 Å². The molecule has 1 aromatic rings. The van der Waals surface area contributed by atoms with Crippen LogP contribution in [0.15, 0.2) is 52.0 Å². The van der Waals surface area contributed by atoms with Crippen molar-refractivity contribution in [2.45, 2.75) is 17.7 Å². The summed E-state index contributed by atoms with van der Waals surface area (Å²) in [5.41, 5.74) is 0. The van der Waals surface area contributed by atoms with Crippen LogP contribution in [0.3, 0.4) is 0 Å². The van der Waals surface area contributed by atoms with E-state index in [4.69, 9.17) is 4.74 Å². The second kappa shape index (κ2) is 6.26. The van der Waals surface area contributed by atoms with E-state index in [9.17, 15) is 13.2 Å². The van der Waals surface area contributed by atoms with Crippen molar-refractivity contribution in [2.24, 2.45) is 0 Å². The fourth-order valence-corrected chi connectivity index (χ4v) is 2.51. The third-order valence-electron chi connectivity index (χ3n) is 2.46. The standard InChI is InChI=1S/C14H12F3O2S/c1-18-11-3-2-4-13(9-11)20-12-7-5-10(6-8-12)19-14(15,16)17/h2,4-9H,3H2,1H3. The Kier molecular flexibility index (Phi) is 4.65. The zero-order valence-corrected chi connectivity index (χ0v) is 11.4. The Morgan fingerprint density at radius 3 is 2.45 bits per heavy atom. The maximum absolute atomic E-state index is 12.0. The second-order valence-electron chi connectivity index (χ2n) is 3.94. The predicted molar refractivity (Wildman–Crippen MR) is 71.1 cm³/mol. The first-order valence-electron chi connectivity index (χ1n) is 5.78. The summed E-state index contributed by atoms with van der Waals surface area (Å²) in [4.78, 5) is 1.80. The summed E-state index contributed by atoms with van der Waals surface area (Å²) in [7, 11) is 1.61. The fourth-order valence-electron chi connectivity index (χ4n) is 1.61. The van der Waals surface area contributed by atoms with Gasteiger partial charge in [0.1, 0.15) is 5.75 Å². The number of hydrogen-bond acceptors (Lipinski definition) is 3. The van der Waals surface area contributed by atoms with Crippen LogP contribution in [-0.4, -0.2) is 13.5 Å². The van der Waals surface area contributed by atoms with Crippen LogP contribution in [0.1, 0.15) is 6.42 Å². The number of ether oxygens (including phenoxy) is 2. The van der Waals surface area contributed by atoms with Crippen molar-refractivity contribution in [1.29, 1.82) is 0 Å². The summed E-state index contributed by atoms with van der Waals surface area (Å²) in [5.74, 6) is 0.631. The number of alkyl halides is 3. The molecule has 2 nitrogen and oxygen atoms in total. The molecule has 0 spiro atoms. The van der Waals surface area contributed by atoms with E-state index in [2.05, 4.69) is 4.74 Å². The van der Waals surface area contributed by atoms with E-state index in [1.165, 1.54) is 23.9 Å². The zero-order chi connectivity index (χ0) is 14.6. The monoisotopic (exact) mass is 301 g/mol. The Hall–Kier alpha value is -1.56. The highest BCUT2D eigenvalue weighted by atomic mass is 32.2. The van der Waals surface area contributed by atoms with Gasteiger partial charge in [0.15, 0.2) is 0 Å². The van der Waals surface area contributed by atoms with E-state index in [-0.39, 0.29) is 5.75 Å². The molecule has 0 heterocycles. The van der Waals surface area contributed by atoms with Gasteiger partial charge in [-0.25, -0.2) is 0 Å². The molecule has 0 fully saturated rings. The van der Waals surface area contributed by atoms with Gasteiger partial charge in [-0.3, -0.25) is 0 Å². The Bertz CT molecular complexity index is 518. The molecule has 0 saturated carbocycles. The van der Waals surface area contributed by atoms with Crippen molar-refractivity contribution in [2.75, 3.05) is 7.11 Å². The Labute approximate surface area is 119 Å². The lowest BCUT2D eigenvalue weighted by Gasteiger charge is -2.12. The average Bonchev–Trinajstić information content (AvgIpc) is 2.40. The molecule has 0 saturated heterocycles. The molecule has 0 atom stereocenters. The number of rotatable bonds is 4. The molecule has 1 aliphatic rings. The van der Waals surface area contributed by atoms with E-state index in [0.717, 1.165) is 22.0 Å². The second-order valence-corrected chi connectivity index (χ2v) is 5.09. The quantitative estimate of drug-likeness (QED) is 0.803. The summed E-state index contributed by atoms with van der Waals surface area (Å²) in [6.45, 7) is 0. The smallest absolute Gasteiger partial charge is 0.501 e. The third kappa shape index (κ3) is 4.52. The lowest BCUT2D eigenvalue weighted by atomic mass is 10.2. The molecule has 1 aliphatic carbocycles. The van der Waals surface area contributed by atoms with Gasteiger partial charge in [0.2, 0.25) is 0 Å². The van der Waals surface area contributed by atoms with Crippen LogP contribution < -0.4 is 4.74 Å². The molecule has 6 heteroatoms. The van der Waals surface area contributed by atoms with Gasteiger partial charge in [0, 0.05) is 16.2 Å². The molecule has 1 aromatic carbocycles. The molecular weight excluding hydrogens is 289 g/mol. The molecule has 0 unspecified atom stereocenters. The number of allylic oxidation sites excluding steroid dienone is 3. The zero-order valence-electron chi connectivity index (χ0n) is 10.6. The largest absolute Gasteiger partial charge is 0.573 e. The molecule has 2 rings (SSSR count). The van der Waals surface area contributed by atoms with Crippen molar-refractivity contribution in [3.8, 4) is 5.75 Å². The first-order chi connectivity index (χ1) is 9.46. The van der Waals surface area contributed by atoms with Gasteiger partial charge in [-0.15, -0.1) is 13.2 Å². The van der Waals surface area contributed by atoms with Gasteiger partial charge < -0.3 is 9.47 Å². The van der Waals surface area contributed by atoms with E-state index in [1.54, 1.807) is 19.2 Å². The molecule has 0 amide bonds. The minimum Gasteiger partial charge on any atom is -0.501 e. The van der Waals surface area contributed by atoms with Gasteiger partial charge in [-0.1, -0.05) is 17.8 Å². The van der Waals surface area contributed by atoms with E-state index in [1.807, 2.05) is 18.6 Å². The third-order valence-corrected chi connectivity index (χ3v) is 3.46. The topological polar surface area (TPSA) is 18.5 Å². The summed E-state index contributed by atoms with van der Waals surface area (Å²) >= 11 is 1.45. The van der Waals surface area contributed by atoms with Crippen LogP contribution in [0.4, 0.5) is 13.2 Å². The Balaban J connectivity index is 2.01. The molecule has 20 heavy (non-hydrogen) atoms. The van der Waals surface area contributed by atoms with Crippen LogP contribution in [0, 0.1) is 6.42 Å². The molecular formula is C14H12F3O2S. The number of hydrogen-bond donors (Lipinski definition) is 0. The molecule has 0 N–H and O–H groups in total. The fraction of sp³-hybridized carbons (Fsp3) is 0.214. The summed E-state index contributed by atoms with van der Waals surface area (Å²) in [6, 6.07) is 5.76. The van der Waals surface area contributed by atoms with Crippen LogP contribution in [0.2, 0.25) is 0 Å². The van der Waals surface area contributed by atoms with Gasteiger partial charge in [0.25, 0.3) is 0 Å². The van der Waals surface area contributed by atoms with Crippen molar-refractivity contribution in [3.05, 3.63) is 53.5 Å². The lowest BCUT2D eigenvalue weighted by molar-refractivity contribution is -0.274. The highest BCUT2D eigenvalue weighted by Gasteiger charge is 2.30. The van der Waals surface area contributed by atoms with E-state index >= 15 is 0 Å². The molecule has 1 radical (unpaired) electrons. The normalized spacial score (nSPS) is 15.4. The van der Waals surface area contributed by atoms with E-state index in [0.29, 0.717) is 0 Å². The van der Waals surface area contributed by atoms with Crippen molar-refractivity contribution >= 4 is 11.8 Å². The Morgan fingerprint density at radius 2 is 1.85 bits per heavy atom. The number of benzene rings is 1. The van der Waals surface area contributed by atoms with Crippen LogP contribution in [-0.2, 0) is 4.74 Å². The van der Waals surface area contributed by atoms with Crippen molar-refractivity contribution in [3.63, 3.8) is 0 Å². The highest BCUT2D eigenvalue weighted by molar-refractivity contribution is 8.03. The predicted octanol–water partition coefficient (Wildman–Crippen LogP) is 4.70. The summed E-state index contributed by atoms with van der Waals surface area (Å²) in [6.07, 6.45) is 1.92. The summed E-state index contributed by atoms with van der Waals surface area (Å²) < 4.78 is 45.1. The SMILES string of the molecule is COC1=CC(Sc2ccc(OC(F)(F)F)cc2)=C[CH]C1. The maximum Gasteiger partial charge on any atom is 0.573 e. The minimum absolute atomic E-state index is 0.223. The molecule has 0 aliphatic heterocycles. The van der Waals surface area contributed by atoms with Gasteiger partial charge in [-0.05, 0) is 36.8 Å². The first-order valence-corrected chi connectivity index (χ1v) is 6.59. The minimum atomic E-state index is -4.66. The van der Waals surface area contributed by atoms with E-state index < -0.39 is 6.36 Å². The van der Waals surface area contributed by atoms with Crippen LogP contribution >= 0.6 is 11.8 Å². The van der Waals surface area contributed by atoms with Crippen molar-refractivity contribution in [1.82, 2.24) is 0 Å². The van der Waals surface area contributed by atoms with Gasteiger partial charge in [0.05, 0.1) is 12.9 Å². The molecule has 0 bridgehead atoms. The average molecular weight is 301 g/mol. The van der Waals surface area contributed by atoms with Gasteiger partial charge in [-0.2, -0.15) is 0 Å². The highest BCUT2D eigenvalue weighted by Crippen LogP contribution is 2.33. The number of halogens is 3. The Morgan fingerprint density at radius 1 is 1.15 bits per heavy atom. The van der Waals surface area contributed by atoms with Crippen LogP contribution in [0.5, 0.6) is 5.75 Å². The first kappa shape index (κ1) is 14.8. The lowest BCUT2D eigenvalue weighted by Crippen LogP contribution is -2.16. The maximum atomic E-state index is 12.0. The number of methoxy groups -OCH3 is 1. The summed E-state index contributed by atoms with van der Waals surface area (Å²) in [5, 5.41) is 0. The number of thioether (sulfide) groups is 1. The van der Waals surface area contributed by atoms with Gasteiger partial charge >= 0.3 is 6.36 Å². The van der Waals surface area contributed by atoms with Crippen LogP contribution in [0.25, 0.3) is 0 Å².